The van der Waals surface area contributed by atoms with Gasteiger partial charge in [-0.2, -0.15) is 0 Å². The highest BCUT2D eigenvalue weighted by atomic mass is 16.5. The molecule has 8 unspecified atom stereocenters. The van der Waals surface area contributed by atoms with E-state index in [1.54, 1.807) is 0 Å². The number of ether oxygens (including phenoxy) is 4. The molecule has 6 aliphatic heterocycles. The van der Waals surface area contributed by atoms with Crippen LogP contribution in [0.25, 0.3) is 90.9 Å². The smallest absolute Gasteiger partial charge is 0.254 e. The van der Waals surface area contributed by atoms with Crippen LogP contribution in [0, 0.1) is 0 Å². The Kier molecular flexibility index (Phi) is 15.9. The van der Waals surface area contributed by atoms with Gasteiger partial charge < -0.3 is 48.5 Å². The molecule has 0 spiro atoms. The molecule has 450 valence electrons. The van der Waals surface area contributed by atoms with Gasteiger partial charge in [-0.1, -0.05) is 48.5 Å². The maximum Gasteiger partial charge on any atom is 0.254 e. The molecule has 8 atom stereocenters. The van der Waals surface area contributed by atoms with Gasteiger partial charge in [0.15, 0.2) is 0 Å². The minimum absolute atomic E-state index is 0.0537. The van der Waals surface area contributed by atoms with E-state index in [-0.39, 0.29) is 72.5 Å². The Balaban J connectivity index is 1.01. The van der Waals surface area contributed by atoms with E-state index in [1.165, 1.54) is 0 Å². The second-order valence-corrected chi connectivity index (χ2v) is 24.7. The van der Waals surface area contributed by atoms with Crippen molar-refractivity contribution < 1.29 is 38.1 Å². The zero-order chi connectivity index (χ0) is 61.1. The van der Waals surface area contributed by atoms with E-state index in [2.05, 4.69) is 34.2 Å². The van der Waals surface area contributed by atoms with Crippen LogP contribution >= 0.6 is 0 Å². The number of hydrogen-bond donors (Lipinski definition) is 2. The zero-order valence-electron chi connectivity index (χ0n) is 51.1. The number of nitrogens with one attached hydrogen (secondary N) is 2. The van der Waals surface area contributed by atoms with Gasteiger partial charge in [-0.15, -0.1) is 0 Å². The molecule has 3 aromatic heterocycles. The van der Waals surface area contributed by atoms with Crippen LogP contribution < -0.4 is 0 Å². The number of morpholine rings is 4. The van der Waals surface area contributed by atoms with E-state index in [0.717, 1.165) is 66.6 Å². The van der Waals surface area contributed by atoms with Gasteiger partial charge in [-0.25, -0.2) is 9.97 Å². The minimum atomic E-state index is -0.0755. The van der Waals surface area contributed by atoms with Crippen molar-refractivity contribution >= 4 is 70.0 Å². The van der Waals surface area contributed by atoms with Crippen molar-refractivity contribution in [1.82, 2.24) is 39.5 Å². The van der Waals surface area contributed by atoms with E-state index in [0.29, 0.717) is 97.4 Å². The molecule has 9 heterocycles. The number of H-pyrrole nitrogens is 2. The predicted octanol–water partition coefficient (Wildman–Crippen LogP) is 12.3. The lowest BCUT2D eigenvalue weighted by atomic mass is 10.0. The third-order valence-corrected chi connectivity index (χ3v) is 17.3. The summed E-state index contributed by atoms with van der Waals surface area (Å²) in [5.74, 6) is -0.215. The van der Waals surface area contributed by atoms with Crippen molar-refractivity contribution in [1.29, 1.82) is 0 Å². The van der Waals surface area contributed by atoms with Crippen molar-refractivity contribution in [2.75, 3.05) is 52.4 Å². The van der Waals surface area contributed by atoms with Crippen LogP contribution in [0.4, 0.5) is 0 Å². The van der Waals surface area contributed by atoms with Crippen LogP contribution in [0.1, 0.15) is 120 Å². The highest BCUT2D eigenvalue weighted by Gasteiger charge is 2.32. The van der Waals surface area contributed by atoms with Crippen molar-refractivity contribution in [3.63, 3.8) is 0 Å². The van der Waals surface area contributed by atoms with Crippen LogP contribution in [0.15, 0.2) is 121 Å². The van der Waals surface area contributed by atoms with Crippen LogP contribution in [-0.4, -0.2) is 164 Å². The molecule has 8 bridgehead atoms. The van der Waals surface area contributed by atoms with Crippen molar-refractivity contribution in [3.05, 3.63) is 166 Å². The van der Waals surface area contributed by atoms with E-state index in [9.17, 15) is 19.2 Å². The maximum absolute atomic E-state index is 14.1. The number of amides is 4. The summed E-state index contributed by atoms with van der Waals surface area (Å²) in [6.07, 6.45) is 7.51. The number of aromatic nitrogens is 4. The summed E-state index contributed by atoms with van der Waals surface area (Å²) in [6.45, 7) is 20.0. The first-order valence-corrected chi connectivity index (χ1v) is 30.8. The molecule has 0 aliphatic carbocycles. The summed E-state index contributed by atoms with van der Waals surface area (Å²) in [5, 5.41) is 0. The van der Waals surface area contributed by atoms with Gasteiger partial charge in [0.2, 0.25) is 0 Å². The lowest BCUT2D eigenvalue weighted by Crippen LogP contribution is -2.48. The summed E-state index contributed by atoms with van der Waals surface area (Å²) >= 11 is 0. The first-order chi connectivity index (χ1) is 42.5. The molecule has 16 nitrogen and oxygen atoms in total. The van der Waals surface area contributed by atoms with Crippen molar-refractivity contribution in [2.24, 2.45) is 0 Å². The molecular formula is C72H74N8O8. The number of aromatic amines is 2. The van der Waals surface area contributed by atoms with Gasteiger partial charge >= 0.3 is 0 Å². The van der Waals surface area contributed by atoms with E-state index in [4.69, 9.17) is 28.9 Å². The summed E-state index contributed by atoms with van der Waals surface area (Å²) in [7, 11) is 0. The lowest BCUT2D eigenvalue weighted by molar-refractivity contribution is -0.0586. The number of rotatable bonds is 8. The Morgan fingerprint density at radius 3 is 0.670 bits per heavy atom. The standard InChI is InChI=1S/C72H74N8O8/c1-41-33-77(34-42(2)85-41)69(81)53-17-9-49(10-18-53)65-57-25-27-59(73-57)66(50-11-19-54(20-12-50)70(82)78-35-43(3)86-44(4)36-78)61-29-31-63(75-61)68(52-15-23-56(24-16-52)72(84)80-39-47(7)88-48(8)40-80)64-32-30-62(76-64)67(60-28-26-58(65)74-60)51-13-21-55(22-14-51)71(83)79-37-45(5)87-46(6)38-79/h9-32,41-48,73,76H,33-40H2,1-8H3. The summed E-state index contributed by atoms with van der Waals surface area (Å²) in [4.78, 5) is 82.5. The number of nitrogens with zero attached hydrogens (tertiary/aromatic N) is 6. The summed E-state index contributed by atoms with van der Waals surface area (Å²) < 4.78 is 23.9. The Hall–Kier alpha value is -8.80. The number of carbonyl (C=O) groups excluding carboxylic acids is 4. The molecule has 4 saturated heterocycles. The first kappa shape index (κ1) is 58.2. The number of benzene rings is 4. The molecule has 2 N–H and O–H groups in total. The number of fused-ring (bicyclic) bond motifs is 8. The average Bonchev–Trinajstić information content (AvgIpc) is 1.94. The molecule has 0 saturated carbocycles. The first-order valence-electron chi connectivity index (χ1n) is 30.8. The minimum Gasteiger partial charge on any atom is -0.372 e. The van der Waals surface area contributed by atoms with Gasteiger partial charge in [-0.3, -0.25) is 19.2 Å². The fourth-order valence-electron chi connectivity index (χ4n) is 13.6. The topological polar surface area (TPSA) is 176 Å². The molecule has 4 aromatic carbocycles. The lowest BCUT2D eigenvalue weighted by Gasteiger charge is -2.35. The fourth-order valence-corrected chi connectivity index (χ4v) is 13.6. The van der Waals surface area contributed by atoms with Crippen LogP contribution in [0.5, 0.6) is 0 Å². The molecule has 4 amide bonds. The normalized spacial score (nSPS) is 22.9. The zero-order valence-corrected chi connectivity index (χ0v) is 51.1. The number of carbonyl (C=O) groups is 4. The Labute approximate surface area is 512 Å². The molecule has 0 radical (unpaired) electrons. The maximum atomic E-state index is 14.1. The van der Waals surface area contributed by atoms with Gasteiger partial charge in [0.25, 0.3) is 23.6 Å². The average molecular weight is 1180 g/mol. The van der Waals surface area contributed by atoms with Crippen molar-refractivity contribution in [2.45, 2.75) is 104 Å². The van der Waals surface area contributed by atoms with E-state index in [1.807, 2.05) is 196 Å². The highest BCUT2D eigenvalue weighted by molar-refractivity contribution is 6.03. The largest absolute Gasteiger partial charge is 0.372 e. The summed E-state index contributed by atoms with van der Waals surface area (Å²) in [5.41, 5.74) is 14.7. The Bertz CT molecular complexity index is 3540. The number of hydrogen-bond acceptors (Lipinski definition) is 10. The van der Waals surface area contributed by atoms with Crippen LogP contribution in [-0.2, 0) is 18.9 Å². The van der Waals surface area contributed by atoms with Gasteiger partial charge in [0.05, 0.1) is 71.6 Å². The molecule has 7 aromatic rings. The Morgan fingerprint density at radius 1 is 0.307 bits per heavy atom. The van der Waals surface area contributed by atoms with E-state index < -0.39 is 0 Å². The van der Waals surface area contributed by atoms with Crippen molar-refractivity contribution in [3.8, 4) is 44.5 Å². The molecule has 4 fully saturated rings. The molecule has 16 heteroatoms. The second-order valence-electron chi connectivity index (χ2n) is 24.7. The molecule has 88 heavy (non-hydrogen) atoms. The van der Waals surface area contributed by atoms with Crippen LogP contribution in [0.2, 0.25) is 0 Å². The van der Waals surface area contributed by atoms with Crippen LogP contribution in [0.3, 0.4) is 0 Å². The molecule has 13 rings (SSSR count). The Morgan fingerprint density at radius 2 is 0.489 bits per heavy atom. The molecular weight excluding hydrogens is 1100 g/mol. The van der Waals surface area contributed by atoms with Gasteiger partial charge in [0, 0.05) is 119 Å². The monoisotopic (exact) mass is 1180 g/mol. The van der Waals surface area contributed by atoms with E-state index >= 15 is 0 Å². The second kappa shape index (κ2) is 24.1. The SMILES string of the molecule is CC1CN(C(=O)c2ccc(-c3c4nc(c(-c5ccc(C(=O)N6CC(C)OC(C)C6)cc5)c5ccc([nH]5)c(-c5ccc(C(=O)N6CC(C)OC(C)C6)cc5)c5nc(c(-c6ccc(C(=O)N7CC(C)OC(C)C7)cc6)c6ccc3[nH]6)C=C5)C=C4)cc2)CC(C)O1. The fraction of sp³-hybridized carbons (Fsp3) is 0.333. The predicted molar refractivity (Wildman–Crippen MR) is 344 cm³/mol. The summed E-state index contributed by atoms with van der Waals surface area (Å²) in [6, 6.07) is 39.2. The highest BCUT2D eigenvalue weighted by Crippen LogP contribution is 2.39. The third-order valence-electron chi connectivity index (χ3n) is 17.3. The molecule has 6 aliphatic rings. The third kappa shape index (κ3) is 11.8. The van der Waals surface area contributed by atoms with Gasteiger partial charge in [0.1, 0.15) is 0 Å². The quantitative estimate of drug-likeness (QED) is 0.149. The van der Waals surface area contributed by atoms with Gasteiger partial charge in [-0.05, 0) is 175 Å².